The van der Waals surface area contributed by atoms with E-state index in [0.717, 1.165) is 12.8 Å². The van der Waals surface area contributed by atoms with Crippen LogP contribution in [0.25, 0.3) is 0 Å². The van der Waals surface area contributed by atoms with E-state index in [1.807, 2.05) is 0 Å². The fraction of sp³-hybridized carbons (Fsp3) is 0.556. The third-order valence-electron chi connectivity index (χ3n) is 4.19. The molecule has 0 bridgehead atoms. The monoisotopic (exact) mass is 336 g/mol. The second-order valence-electron chi connectivity index (χ2n) is 5.97. The quantitative estimate of drug-likeness (QED) is 0.869. The molecule has 0 unspecified atom stereocenters. The van der Waals surface area contributed by atoms with Crippen LogP contribution in [-0.2, 0) is 16.0 Å². The number of halogens is 1. The Balaban J connectivity index is 1.65. The number of hydrogen-bond acceptors (Lipinski definition) is 3. The average Bonchev–Trinajstić information content (AvgIpc) is 2.57. The van der Waals surface area contributed by atoms with Gasteiger partial charge < -0.3 is 15.0 Å². The number of carbonyl (C=O) groups is 2. The Hall–Kier alpha value is -2.11. The van der Waals surface area contributed by atoms with Crippen molar-refractivity contribution in [3.05, 3.63) is 35.6 Å². The first-order chi connectivity index (χ1) is 11.6. The van der Waals surface area contributed by atoms with Gasteiger partial charge in [0, 0.05) is 25.6 Å². The molecule has 1 aliphatic rings. The number of piperidine rings is 1. The number of ether oxygens (including phenoxy) is 1. The van der Waals surface area contributed by atoms with Gasteiger partial charge in [-0.2, -0.15) is 0 Å². The average molecular weight is 336 g/mol. The number of hydrogen-bond donors (Lipinski definition) is 1. The number of likely N-dealkylation sites (tertiary alicyclic amines) is 1. The van der Waals surface area contributed by atoms with Crippen LogP contribution in [0.4, 0.5) is 9.18 Å². The van der Waals surface area contributed by atoms with E-state index in [1.54, 1.807) is 30.0 Å². The summed E-state index contributed by atoms with van der Waals surface area (Å²) >= 11 is 0. The summed E-state index contributed by atoms with van der Waals surface area (Å²) < 4.78 is 18.5. The Labute approximate surface area is 142 Å². The summed E-state index contributed by atoms with van der Waals surface area (Å²) in [4.78, 5) is 25.3. The van der Waals surface area contributed by atoms with Gasteiger partial charge in [-0.05, 0) is 44.2 Å². The largest absolute Gasteiger partial charge is 0.450 e. The molecule has 1 heterocycles. The molecule has 0 saturated carbocycles. The molecule has 6 heteroatoms. The van der Waals surface area contributed by atoms with Gasteiger partial charge in [0.15, 0.2) is 0 Å². The molecule has 1 aliphatic heterocycles. The van der Waals surface area contributed by atoms with E-state index in [2.05, 4.69) is 5.32 Å². The van der Waals surface area contributed by atoms with Crippen LogP contribution in [0.5, 0.6) is 0 Å². The van der Waals surface area contributed by atoms with Crippen molar-refractivity contribution in [1.82, 2.24) is 10.2 Å². The van der Waals surface area contributed by atoms with E-state index in [0.29, 0.717) is 44.5 Å². The number of amides is 2. The predicted molar refractivity (Wildman–Crippen MR) is 89.1 cm³/mol. The SMILES string of the molecule is CCOC(=O)N1CCC(NC(=O)CCCc2ccccc2F)CC1. The Morgan fingerprint density at radius 1 is 1.29 bits per heavy atom. The van der Waals surface area contributed by atoms with Gasteiger partial charge in [-0.25, -0.2) is 9.18 Å². The number of benzene rings is 1. The minimum absolute atomic E-state index is 0.0130. The van der Waals surface area contributed by atoms with Crippen LogP contribution in [0.2, 0.25) is 0 Å². The Morgan fingerprint density at radius 2 is 2.00 bits per heavy atom. The van der Waals surface area contributed by atoms with Gasteiger partial charge in [0.2, 0.25) is 5.91 Å². The molecule has 2 amide bonds. The molecule has 1 saturated heterocycles. The molecule has 132 valence electrons. The molecule has 1 aromatic rings. The van der Waals surface area contributed by atoms with E-state index in [4.69, 9.17) is 4.74 Å². The van der Waals surface area contributed by atoms with Gasteiger partial charge >= 0.3 is 6.09 Å². The summed E-state index contributed by atoms with van der Waals surface area (Å²) in [6.07, 6.45) is 2.74. The third kappa shape index (κ3) is 5.51. The van der Waals surface area contributed by atoms with E-state index < -0.39 is 0 Å². The highest BCUT2D eigenvalue weighted by molar-refractivity contribution is 5.76. The second-order valence-corrected chi connectivity index (χ2v) is 5.97. The highest BCUT2D eigenvalue weighted by Gasteiger charge is 2.24. The molecular formula is C18H25FN2O3. The standard InChI is InChI=1S/C18H25FN2O3/c1-2-24-18(23)21-12-10-15(11-13-21)20-17(22)9-5-7-14-6-3-4-8-16(14)19/h3-4,6,8,15H,2,5,7,9-13H2,1H3,(H,20,22). The molecule has 0 aromatic heterocycles. The summed E-state index contributed by atoms with van der Waals surface area (Å²) in [5, 5.41) is 3.00. The Kier molecular flexibility index (Phi) is 7.03. The lowest BCUT2D eigenvalue weighted by Gasteiger charge is -2.31. The lowest BCUT2D eigenvalue weighted by molar-refractivity contribution is -0.122. The van der Waals surface area contributed by atoms with Crippen LogP contribution in [0.15, 0.2) is 24.3 Å². The van der Waals surface area contributed by atoms with Crippen LogP contribution >= 0.6 is 0 Å². The number of aryl methyl sites for hydroxylation is 1. The maximum absolute atomic E-state index is 13.5. The Bertz CT molecular complexity index is 557. The predicted octanol–water partition coefficient (Wildman–Crippen LogP) is 2.89. The van der Waals surface area contributed by atoms with Gasteiger partial charge in [0.1, 0.15) is 5.82 Å². The zero-order chi connectivity index (χ0) is 17.4. The van der Waals surface area contributed by atoms with E-state index in [1.165, 1.54) is 6.07 Å². The van der Waals surface area contributed by atoms with Crippen LogP contribution in [0, 0.1) is 5.82 Å². The van der Waals surface area contributed by atoms with Gasteiger partial charge in [-0.3, -0.25) is 4.79 Å². The van der Waals surface area contributed by atoms with Crippen molar-refractivity contribution < 1.29 is 18.7 Å². The topological polar surface area (TPSA) is 58.6 Å². The van der Waals surface area contributed by atoms with Crippen LogP contribution in [0.3, 0.4) is 0 Å². The van der Waals surface area contributed by atoms with Crippen LogP contribution in [-0.4, -0.2) is 42.6 Å². The van der Waals surface area contributed by atoms with Crippen molar-refractivity contribution in [2.24, 2.45) is 0 Å². The van der Waals surface area contributed by atoms with Gasteiger partial charge in [-0.1, -0.05) is 18.2 Å². The van der Waals surface area contributed by atoms with Crippen LogP contribution in [0.1, 0.15) is 38.2 Å². The van der Waals surface area contributed by atoms with Gasteiger partial charge in [0.25, 0.3) is 0 Å². The lowest BCUT2D eigenvalue weighted by Crippen LogP contribution is -2.46. The number of carbonyl (C=O) groups excluding carboxylic acids is 2. The molecule has 0 aliphatic carbocycles. The van der Waals surface area contributed by atoms with E-state index in [9.17, 15) is 14.0 Å². The maximum Gasteiger partial charge on any atom is 0.409 e. The zero-order valence-electron chi connectivity index (χ0n) is 14.1. The van der Waals surface area contributed by atoms with Crippen molar-refractivity contribution in [1.29, 1.82) is 0 Å². The van der Waals surface area contributed by atoms with Crippen molar-refractivity contribution in [2.75, 3.05) is 19.7 Å². The highest BCUT2D eigenvalue weighted by Crippen LogP contribution is 2.13. The number of rotatable bonds is 6. The molecule has 0 spiro atoms. The molecule has 1 N–H and O–H groups in total. The highest BCUT2D eigenvalue weighted by atomic mass is 19.1. The molecule has 5 nitrogen and oxygen atoms in total. The van der Waals surface area contributed by atoms with E-state index >= 15 is 0 Å². The first kappa shape index (κ1) is 18.2. The number of nitrogens with one attached hydrogen (secondary N) is 1. The molecule has 0 atom stereocenters. The van der Waals surface area contributed by atoms with Gasteiger partial charge in [-0.15, -0.1) is 0 Å². The molecule has 1 aromatic carbocycles. The summed E-state index contributed by atoms with van der Waals surface area (Å²) in [7, 11) is 0. The van der Waals surface area contributed by atoms with E-state index in [-0.39, 0.29) is 23.9 Å². The molecule has 24 heavy (non-hydrogen) atoms. The zero-order valence-corrected chi connectivity index (χ0v) is 14.1. The third-order valence-corrected chi connectivity index (χ3v) is 4.19. The molecule has 0 radical (unpaired) electrons. The lowest BCUT2D eigenvalue weighted by atomic mass is 10.0. The summed E-state index contributed by atoms with van der Waals surface area (Å²) in [5.41, 5.74) is 0.646. The van der Waals surface area contributed by atoms with Crippen LogP contribution < -0.4 is 5.32 Å². The summed E-state index contributed by atoms with van der Waals surface area (Å²) in [6, 6.07) is 6.74. The smallest absolute Gasteiger partial charge is 0.409 e. The normalized spacial score (nSPS) is 15.2. The van der Waals surface area contributed by atoms with Crippen molar-refractivity contribution in [2.45, 2.75) is 45.1 Å². The van der Waals surface area contributed by atoms with Crippen molar-refractivity contribution in [3.63, 3.8) is 0 Å². The minimum atomic E-state index is -0.285. The first-order valence-electron chi connectivity index (χ1n) is 8.54. The second kappa shape index (κ2) is 9.25. The van der Waals surface area contributed by atoms with Crippen molar-refractivity contribution >= 4 is 12.0 Å². The van der Waals surface area contributed by atoms with Crippen molar-refractivity contribution in [3.8, 4) is 0 Å². The minimum Gasteiger partial charge on any atom is -0.450 e. The first-order valence-corrected chi connectivity index (χ1v) is 8.54. The van der Waals surface area contributed by atoms with Gasteiger partial charge in [0.05, 0.1) is 6.61 Å². The summed E-state index contributed by atoms with van der Waals surface area (Å²) in [5.74, 6) is -0.231. The molecule has 1 fully saturated rings. The molecule has 2 rings (SSSR count). The molecular weight excluding hydrogens is 311 g/mol. The summed E-state index contributed by atoms with van der Waals surface area (Å²) in [6.45, 7) is 3.35. The Morgan fingerprint density at radius 3 is 2.67 bits per heavy atom. The fourth-order valence-electron chi connectivity index (χ4n) is 2.86. The number of nitrogens with zero attached hydrogens (tertiary/aromatic N) is 1. The maximum atomic E-state index is 13.5. The fourth-order valence-corrected chi connectivity index (χ4v) is 2.86.